The van der Waals surface area contributed by atoms with Crippen LogP contribution < -0.4 is 11.1 Å². The summed E-state index contributed by atoms with van der Waals surface area (Å²) in [5.41, 5.74) is 5.37. The molecule has 3 amide bonds. The highest BCUT2D eigenvalue weighted by Crippen LogP contribution is 2.52. The van der Waals surface area contributed by atoms with Crippen molar-refractivity contribution in [3.8, 4) is 0 Å². The number of nitro benzene ring substituents is 1. The molecule has 0 spiro atoms. The highest BCUT2D eigenvalue weighted by Gasteiger charge is 2.58. The zero-order valence-electron chi connectivity index (χ0n) is 14.3. The number of nitrogens with two attached hydrogens (primary N) is 1. The lowest BCUT2D eigenvalue weighted by Crippen LogP contribution is -2.36. The molecule has 1 saturated heterocycles. The van der Waals surface area contributed by atoms with Gasteiger partial charge in [0.15, 0.2) is 0 Å². The van der Waals surface area contributed by atoms with Crippen LogP contribution >= 0.6 is 0 Å². The van der Waals surface area contributed by atoms with Crippen LogP contribution in [0.15, 0.2) is 30.4 Å². The molecule has 9 nitrogen and oxygen atoms in total. The Kier molecular flexibility index (Phi) is 3.94. The normalized spacial score (nSPS) is 27.9. The van der Waals surface area contributed by atoms with Crippen LogP contribution in [0.2, 0.25) is 0 Å². The molecular formula is C18H18N4O5. The van der Waals surface area contributed by atoms with Crippen molar-refractivity contribution in [2.24, 2.45) is 29.4 Å². The van der Waals surface area contributed by atoms with Crippen LogP contribution in [-0.4, -0.2) is 40.6 Å². The minimum Gasteiger partial charge on any atom is -0.383 e. The van der Waals surface area contributed by atoms with Gasteiger partial charge in [0.2, 0.25) is 11.8 Å². The smallest absolute Gasteiger partial charge is 0.270 e. The maximum absolute atomic E-state index is 12.6. The molecule has 0 unspecified atom stereocenters. The summed E-state index contributed by atoms with van der Waals surface area (Å²) in [5, 5.41) is 13.8. The van der Waals surface area contributed by atoms with Gasteiger partial charge in [-0.2, -0.15) is 0 Å². The highest BCUT2D eigenvalue weighted by atomic mass is 16.6. The second-order valence-electron chi connectivity index (χ2n) is 7.11. The van der Waals surface area contributed by atoms with E-state index in [-0.39, 0.29) is 59.8 Å². The number of hydrogen-bond acceptors (Lipinski definition) is 6. The number of amides is 3. The summed E-state index contributed by atoms with van der Waals surface area (Å²) >= 11 is 0. The molecule has 1 aromatic rings. The molecule has 27 heavy (non-hydrogen) atoms. The van der Waals surface area contributed by atoms with Gasteiger partial charge in [0, 0.05) is 30.9 Å². The van der Waals surface area contributed by atoms with Gasteiger partial charge < -0.3 is 11.1 Å². The van der Waals surface area contributed by atoms with Gasteiger partial charge in [0.1, 0.15) is 0 Å². The van der Waals surface area contributed by atoms with Crippen molar-refractivity contribution < 1.29 is 19.3 Å². The highest BCUT2D eigenvalue weighted by molar-refractivity contribution is 6.06. The minimum absolute atomic E-state index is 0.0117. The van der Waals surface area contributed by atoms with Crippen molar-refractivity contribution in [3.63, 3.8) is 0 Å². The van der Waals surface area contributed by atoms with Crippen molar-refractivity contribution in [1.29, 1.82) is 0 Å². The molecule has 4 atom stereocenters. The van der Waals surface area contributed by atoms with Crippen LogP contribution in [0.25, 0.3) is 0 Å². The van der Waals surface area contributed by atoms with Gasteiger partial charge in [0.05, 0.1) is 22.3 Å². The van der Waals surface area contributed by atoms with E-state index < -0.39 is 10.8 Å². The first-order valence-corrected chi connectivity index (χ1v) is 8.74. The van der Waals surface area contributed by atoms with Crippen LogP contribution in [-0.2, 0) is 9.59 Å². The predicted molar refractivity (Wildman–Crippen MR) is 94.5 cm³/mol. The summed E-state index contributed by atoms with van der Waals surface area (Å²) in [5.74, 6) is -1.24. The molecule has 140 valence electrons. The van der Waals surface area contributed by atoms with Gasteiger partial charge >= 0.3 is 0 Å². The Labute approximate surface area is 154 Å². The molecule has 4 rings (SSSR count). The lowest BCUT2D eigenvalue weighted by atomic mass is 9.85. The monoisotopic (exact) mass is 370 g/mol. The Morgan fingerprint density at radius 2 is 1.85 bits per heavy atom. The average molecular weight is 370 g/mol. The van der Waals surface area contributed by atoms with Crippen LogP contribution in [0.1, 0.15) is 16.8 Å². The summed E-state index contributed by atoms with van der Waals surface area (Å²) in [6, 6.07) is 3.75. The standard InChI is InChI=1S/C18H18N4O5/c19-16(23)12-8-11(22(26)27)3-4-13(12)20-5-6-21-17(24)14-9-1-2-10(7-9)15(14)18(21)25/h1-4,8-10,14-15,20H,5-7H2,(H2,19,23)/t9-,10-,14+,15+/m0/s1. The van der Waals surface area contributed by atoms with Gasteiger partial charge in [0.25, 0.3) is 11.6 Å². The molecule has 2 bridgehead atoms. The summed E-state index contributed by atoms with van der Waals surface area (Å²) in [6.45, 7) is 0.386. The number of nitrogens with one attached hydrogen (secondary N) is 1. The maximum atomic E-state index is 12.6. The number of carbonyl (C=O) groups excluding carboxylic acids is 3. The quantitative estimate of drug-likeness (QED) is 0.331. The Bertz CT molecular complexity index is 866. The SMILES string of the molecule is NC(=O)c1cc([N+](=O)[O-])ccc1NCCN1C(=O)[C@H]2[C@H](C1=O)[C@H]1C=C[C@H]2C1. The molecule has 3 N–H and O–H groups in total. The second-order valence-corrected chi connectivity index (χ2v) is 7.11. The number of benzene rings is 1. The first-order valence-electron chi connectivity index (χ1n) is 8.74. The number of nitro groups is 1. The van der Waals surface area contributed by atoms with E-state index in [9.17, 15) is 24.5 Å². The molecule has 3 aliphatic rings. The van der Waals surface area contributed by atoms with Crippen LogP contribution in [0.5, 0.6) is 0 Å². The van der Waals surface area contributed by atoms with Crippen LogP contribution in [0.4, 0.5) is 11.4 Å². The van der Waals surface area contributed by atoms with Crippen molar-refractivity contribution in [3.05, 3.63) is 46.0 Å². The van der Waals surface area contributed by atoms with Crippen molar-refractivity contribution in [1.82, 2.24) is 4.90 Å². The summed E-state index contributed by atoms with van der Waals surface area (Å²) in [6.07, 6.45) is 4.95. The molecule has 1 aromatic carbocycles. The molecule has 0 aromatic heterocycles. The first kappa shape index (κ1) is 17.2. The van der Waals surface area contributed by atoms with E-state index in [1.54, 1.807) is 0 Å². The van der Waals surface area contributed by atoms with E-state index in [4.69, 9.17) is 5.73 Å². The fourth-order valence-corrected chi connectivity index (χ4v) is 4.49. The number of imide groups is 1. The number of nitrogens with zero attached hydrogens (tertiary/aromatic N) is 2. The third kappa shape index (κ3) is 2.66. The summed E-state index contributed by atoms with van der Waals surface area (Å²) < 4.78 is 0. The van der Waals surface area contributed by atoms with Gasteiger partial charge in [-0.25, -0.2) is 0 Å². The summed E-state index contributed by atoms with van der Waals surface area (Å²) in [7, 11) is 0. The Balaban J connectivity index is 1.44. The molecule has 1 heterocycles. The van der Waals surface area contributed by atoms with Gasteiger partial charge in [-0.1, -0.05) is 12.2 Å². The number of fused-ring (bicyclic) bond motifs is 5. The molecular weight excluding hydrogens is 352 g/mol. The molecule has 1 saturated carbocycles. The Morgan fingerprint density at radius 1 is 1.22 bits per heavy atom. The first-order chi connectivity index (χ1) is 12.9. The molecule has 2 aliphatic carbocycles. The van der Waals surface area contributed by atoms with E-state index in [1.807, 2.05) is 12.2 Å². The number of rotatable bonds is 6. The fourth-order valence-electron chi connectivity index (χ4n) is 4.49. The lowest BCUT2D eigenvalue weighted by Gasteiger charge is -2.18. The van der Waals surface area contributed by atoms with Gasteiger partial charge in [-0.05, 0) is 24.3 Å². The van der Waals surface area contributed by atoms with E-state index in [0.29, 0.717) is 5.69 Å². The number of hydrogen-bond donors (Lipinski definition) is 2. The zero-order chi connectivity index (χ0) is 19.3. The van der Waals surface area contributed by atoms with E-state index in [0.717, 1.165) is 12.5 Å². The van der Waals surface area contributed by atoms with Gasteiger partial charge in [-0.15, -0.1) is 0 Å². The number of carbonyl (C=O) groups is 3. The van der Waals surface area contributed by atoms with E-state index >= 15 is 0 Å². The number of anilines is 1. The fraction of sp³-hybridized carbons (Fsp3) is 0.389. The van der Waals surface area contributed by atoms with E-state index in [2.05, 4.69) is 5.32 Å². The number of non-ortho nitro benzene ring substituents is 1. The number of allylic oxidation sites excluding steroid dienone is 2. The topological polar surface area (TPSA) is 136 Å². The average Bonchev–Trinajstić information content (AvgIpc) is 3.31. The molecule has 2 fully saturated rings. The molecule has 0 radical (unpaired) electrons. The number of primary amides is 1. The Morgan fingerprint density at radius 3 is 2.41 bits per heavy atom. The zero-order valence-corrected chi connectivity index (χ0v) is 14.3. The minimum atomic E-state index is -0.799. The third-order valence-electron chi connectivity index (χ3n) is 5.69. The van der Waals surface area contributed by atoms with Crippen molar-refractivity contribution in [2.75, 3.05) is 18.4 Å². The largest absolute Gasteiger partial charge is 0.383 e. The third-order valence-corrected chi connectivity index (χ3v) is 5.69. The van der Waals surface area contributed by atoms with Crippen molar-refractivity contribution >= 4 is 29.1 Å². The van der Waals surface area contributed by atoms with Crippen molar-refractivity contribution in [2.45, 2.75) is 6.42 Å². The van der Waals surface area contributed by atoms with Crippen LogP contribution in [0, 0.1) is 33.8 Å². The van der Waals surface area contributed by atoms with Gasteiger partial charge in [-0.3, -0.25) is 29.4 Å². The lowest BCUT2D eigenvalue weighted by molar-refractivity contribution is -0.384. The van der Waals surface area contributed by atoms with E-state index in [1.165, 1.54) is 17.0 Å². The number of likely N-dealkylation sites (tertiary alicyclic amines) is 1. The predicted octanol–water partition coefficient (Wildman–Crippen LogP) is 0.913. The second kappa shape index (κ2) is 6.19. The molecule has 9 heteroatoms. The summed E-state index contributed by atoms with van der Waals surface area (Å²) in [4.78, 5) is 48.3. The van der Waals surface area contributed by atoms with Crippen LogP contribution in [0.3, 0.4) is 0 Å². The Hall–Kier alpha value is -3.23. The maximum Gasteiger partial charge on any atom is 0.270 e. The molecule has 1 aliphatic heterocycles.